The lowest BCUT2D eigenvalue weighted by molar-refractivity contribution is -0.165. The highest BCUT2D eigenvalue weighted by atomic mass is 16.6. The molecule has 2 aliphatic rings. The third-order valence-electron chi connectivity index (χ3n) is 9.06. The molecule has 246 valence electrons. The molecule has 0 radical (unpaired) electrons. The number of esters is 1. The van der Waals surface area contributed by atoms with Gasteiger partial charge < -0.3 is 24.8 Å². The smallest absolute Gasteiger partial charge is 0.407 e. The fraction of sp³-hybridized carbons (Fsp3) is 0.514. The number of carbonyl (C=O) groups excluding carboxylic acids is 2. The van der Waals surface area contributed by atoms with Gasteiger partial charge in [-0.1, -0.05) is 64.7 Å². The largest absolute Gasteiger partial charge is 0.465 e. The average Bonchev–Trinajstić information content (AvgIpc) is 3.49. The summed E-state index contributed by atoms with van der Waals surface area (Å²) in [5, 5.41) is 14.2. The molecule has 1 saturated heterocycles. The Kier molecular flexibility index (Phi) is 9.34. The molecule has 5 rings (SSSR count). The van der Waals surface area contributed by atoms with E-state index >= 15 is 0 Å². The number of likely N-dealkylation sites (tertiary alicyclic amines) is 1. The van der Waals surface area contributed by atoms with Crippen LogP contribution in [-0.2, 0) is 21.4 Å². The Balaban J connectivity index is 1.45. The molecule has 2 aromatic carbocycles. The first kappa shape index (κ1) is 33.2. The van der Waals surface area contributed by atoms with Gasteiger partial charge in [0.2, 0.25) is 0 Å². The normalized spacial score (nSPS) is 17.1. The van der Waals surface area contributed by atoms with Crippen molar-refractivity contribution in [1.29, 1.82) is 0 Å². The highest BCUT2D eigenvalue weighted by Crippen LogP contribution is 2.34. The maximum atomic E-state index is 13.9. The van der Waals surface area contributed by atoms with Crippen LogP contribution in [0.4, 0.5) is 4.79 Å². The SMILES string of the molecule is CC(C)(C)OC(=O)C1(NC(=O)c2cc3ccc(Oc4ccc(C(C)(C)C)cc4)cc3c(CC3CCCC3)n2)CCN(C(=O)O)CC1. The van der Waals surface area contributed by atoms with Crippen molar-refractivity contribution in [3.8, 4) is 11.5 Å². The zero-order chi connectivity index (χ0) is 33.3. The number of amides is 2. The molecule has 9 heteroatoms. The van der Waals surface area contributed by atoms with Gasteiger partial charge in [0.15, 0.2) is 0 Å². The summed E-state index contributed by atoms with van der Waals surface area (Å²) in [7, 11) is 0. The van der Waals surface area contributed by atoms with E-state index in [0.29, 0.717) is 11.7 Å². The molecule has 46 heavy (non-hydrogen) atoms. The first-order chi connectivity index (χ1) is 21.6. The second-order valence-electron chi connectivity index (χ2n) is 14.9. The number of fused-ring (bicyclic) bond motifs is 1. The molecular weight excluding hydrogens is 582 g/mol. The van der Waals surface area contributed by atoms with Crippen LogP contribution in [-0.4, -0.2) is 57.2 Å². The molecule has 1 saturated carbocycles. The second-order valence-corrected chi connectivity index (χ2v) is 14.9. The van der Waals surface area contributed by atoms with E-state index in [-0.39, 0.29) is 37.0 Å². The number of rotatable bonds is 7. The Hall–Kier alpha value is -4.14. The van der Waals surface area contributed by atoms with Crippen molar-refractivity contribution in [3.05, 3.63) is 65.5 Å². The maximum absolute atomic E-state index is 13.9. The van der Waals surface area contributed by atoms with Crippen LogP contribution < -0.4 is 10.1 Å². The number of aromatic nitrogens is 1. The number of piperidine rings is 1. The highest BCUT2D eigenvalue weighted by molar-refractivity contribution is 6.00. The second kappa shape index (κ2) is 12.9. The van der Waals surface area contributed by atoms with Crippen molar-refractivity contribution in [2.45, 2.75) is 103 Å². The van der Waals surface area contributed by atoms with Crippen molar-refractivity contribution < 1.29 is 29.0 Å². The quantitative estimate of drug-likeness (QED) is 0.258. The van der Waals surface area contributed by atoms with Crippen LogP contribution in [0, 0.1) is 5.92 Å². The predicted molar refractivity (Wildman–Crippen MR) is 177 cm³/mol. The highest BCUT2D eigenvalue weighted by Gasteiger charge is 2.46. The van der Waals surface area contributed by atoms with E-state index in [2.05, 4.69) is 38.2 Å². The standard InChI is InChI=1S/C37H47N3O6/c1-35(2,3)26-12-15-27(16-13-26)45-28-14-11-25-22-31(38-30(29(25)23-28)21-24-9-7-8-10-24)32(41)39-37(33(42)46-36(4,5)6)17-19-40(20-18-37)34(43)44/h11-16,22-24H,7-10,17-21H2,1-6H3,(H,39,41)(H,43,44). The minimum atomic E-state index is -1.36. The molecule has 0 bridgehead atoms. The van der Waals surface area contributed by atoms with Gasteiger partial charge in [-0.3, -0.25) is 4.79 Å². The molecular formula is C37H47N3O6. The summed E-state index contributed by atoms with van der Waals surface area (Å²) >= 11 is 0. The monoisotopic (exact) mass is 629 g/mol. The van der Waals surface area contributed by atoms with Crippen molar-refractivity contribution in [2.24, 2.45) is 5.92 Å². The Morgan fingerprint density at radius 3 is 2.15 bits per heavy atom. The van der Waals surface area contributed by atoms with Crippen LogP contribution in [0.2, 0.25) is 0 Å². The Bertz CT molecular complexity index is 1590. The van der Waals surface area contributed by atoms with Gasteiger partial charge in [-0.15, -0.1) is 0 Å². The number of ether oxygens (including phenoxy) is 2. The number of carboxylic acid groups (broad SMARTS) is 1. The summed E-state index contributed by atoms with van der Waals surface area (Å²) in [6.07, 6.45) is 4.53. The number of hydrogen-bond donors (Lipinski definition) is 2. The van der Waals surface area contributed by atoms with E-state index in [1.807, 2.05) is 30.3 Å². The van der Waals surface area contributed by atoms with Crippen LogP contribution in [0.25, 0.3) is 10.8 Å². The molecule has 1 aliphatic carbocycles. The lowest BCUT2D eigenvalue weighted by Crippen LogP contribution is -2.62. The Morgan fingerprint density at radius 2 is 1.57 bits per heavy atom. The van der Waals surface area contributed by atoms with Crippen LogP contribution in [0.3, 0.4) is 0 Å². The minimum absolute atomic E-state index is 0.0502. The van der Waals surface area contributed by atoms with Crippen LogP contribution in [0.15, 0.2) is 48.5 Å². The lowest BCUT2D eigenvalue weighted by atomic mass is 9.87. The van der Waals surface area contributed by atoms with E-state index in [1.54, 1.807) is 26.8 Å². The van der Waals surface area contributed by atoms with Gasteiger partial charge in [0.25, 0.3) is 5.91 Å². The molecule has 0 spiro atoms. The van der Waals surface area contributed by atoms with Crippen molar-refractivity contribution in [3.63, 3.8) is 0 Å². The zero-order valence-electron chi connectivity index (χ0n) is 27.9. The van der Waals surface area contributed by atoms with Gasteiger partial charge in [0.1, 0.15) is 28.3 Å². The number of nitrogens with zero attached hydrogens (tertiary/aromatic N) is 2. The molecule has 1 aromatic heterocycles. The molecule has 9 nitrogen and oxygen atoms in total. The fourth-order valence-corrected chi connectivity index (χ4v) is 6.40. The topological polar surface area (TPSA) is 118 Å². The van der Waals surface area contributed by atoms with Crippen molar-refractivity contribution in [2.75, 3.05) is 13.1 Å². The Labute approximate surface area is 271 Å². The molecule has 2 fully saturated rings. The van der Waals surface area contributed by atoms with E-state index < -0.39 is 29.1 Å². The predicted octanol–water partition coefficient (Wildman–Crippen LogP) is 7.64. The number of benzene rings is 2. The van der Waals surface area contributed by atoms with Crippen LogP contribution >= 0.6 is 0 Å². The summed E-state index contributed by atoms with van der Waals surface area (Å²) in [6.45, 7) is 12.1. The number of hydrogen-bond acceptors (Lipinski definition) is 6. The number of pyridine rings is 1. The van der Waals surface area contributed by atoms with Gasteiger partial charge >= 0.3 is 12.1 Å². The summed E-state index contributed by atoms with van der Waals surface area (Å²) in [5.74, 6) is 0.870. The van der Waals surface area contributed by atoms with Gasteiger partial charge in [-0.05, 0) is 92.6 Å². The van der Waals surface area contributed by atoms with Gasteiger partial charge in [-0.25, -0.2) is 14.6 Å². The number of carbonyl (C=O) groups is 3. The molecule has 2 heterocycles. The first-order valence-corrected chi connectivity index (χ1v) is 16.4. The summed E-state index contributed by atoms with van der Waals surface area (Å²) in [5.41, 5.74) is 0.190. The zero-order valence-corrected chi connectivity index (χ0v) is 27.9. The van der Waals surface area contributed by atoms with Gasteiger partial charge in [0, 0.05) is 24.2 Å². The third kappa shape index (κ3) is 7.80. The van der Waals surface area contributed by atoms with Crippen molar-refractivity contribution in [1.82, 2.24) is 15.2 Å². The maximum Gasteiger partial charge on any atom is 0.407 e. The van der Waals surface area contributed by atoms with E-state index in [4.69, 9.17) is 14.5 Å². The van der Waals surface area contributed by atoms with Gasteiger partial charge in [0.05, 0.1) is 0 Å². The average molecular weight is 630 g/mol. The van der Waals surface area contributed by atoms with Crippen molar-refractivity contribution >= 4 is 28.7 Å². The van der Waals surface area contributed by atoms with E-state index in [1.165, 1.54) is 23.3 Å². The molecule has 3 aromatic rings. The third-order valence-corrected chi connectivity index (χ3v) is 9.06. The molecule has 0 atom stereocenters. The molecule has 2 amide bonds. The van der Waals surface area contributed by atoms with E-state index in [9.17, 15) is 19.5 Å². The van der Waals surface area contributed by atoms with Crippen LogP contribution in [0.5, 0.6) is 11.5 Å². The fourth-order valence-electron chi connectivity index (χ4n) is 6.40. The lowest BCUT2D eigenvalue weighted by Gasteiger charge is -2.40. The minimum Gasteiger partial charge on any atom is -0.465 e. The molecule has 0 unspecified atom stereocenters. The summed E-state index contributed by atoms with van der Waals surface area (Å²) < 4.78 is 12.0. The van der Waals surface area contributed by atoms with E-state index in [0.717, 1.165) is 41.5 Å². The van der Waals surface area contributed by atoms with Gasteiger partial charge in [-0.2, -0.15) is 0 Å². The summed E-state index contributed by atoms with van der Waals surface area (Å²) in [6, 6.07) is 15.7. The number of nitrogens with one attached hydrogen (secondary N) is 1. The van der Waals surface area contributed by atoms with Crippen LogP contribution in [0.1, 0.15) is 102 Å². The first-order valence-electron chi connectivity index (χ1n) is 16.4. The Morgan fingerprint density at radius 1 is 0.935 bits per heavy atom. The summed E-state index contributed by atoms with van der Waals surface area (Å²) in [4.78, 5) is 45.2. The molecule has 2 N–H and O–H groups in total. The molecule has 1 aliphatic heterocycles.